The predicted molar refractivity (Wildman–Crippen MR) is 117 cm³/mol. The summed E-state index contributed by atoms with van der Waals surface area (Å²) < 4.78 is 8.07. The molecule has 1 unspecified atom stereocenters. The lowest BCUT2D eigenvalue weighted by Crippen LogP contribution is -2.39. The number of nitrogens with zero attached hydrogens (tertiary/aromatic N) is 2. The van der Waals surface area contributed by atoms with Crippen LogP contribution >= 0.6 is 11.3 Å². The van der Waals surface area contributed by atoms with E-state index in [0.29, 0.717) is 17.5 Å². The van der Waals surface area contributed by atoms with Gasteiger partial charge in [-0.15, -0.1) is 11.3 Å². The van der Waals surface area contributed by atoms with E-state index in [4.69, 9.17) is 4.74 Å². The van der Waals surface area contributed by atoms with Gasteiger partial charge in [-0.3, -0.25) is 13.9 Å². The number of carbonyl (C=O) groups excluding carboxylic acids is 1. The molecule has 158 valence electrons. The molecule has 3 heterocycles. The molecule has 3 aromatic rings. The van der Waals surface area contributed by atoms with Crippen molar-refractivity contribution in [1.82, 2.24) is 14.5 Å². The molecular weight excluding hydrogens is 402 g/mol. The van der Waals surface area contributed by atoms with Crippen LogP contribution in [0.15, 0.2) is 45.3 Å². The fraction of sp³-hybridized carbons (Fsp3) is 0.409. The molecule has 0 bridgehead atoms. The Balaban J connectivity index is 1.60. The molecule has 1 aliphatic rings. The van der Waals surface area contributed by atoms with E-state index in [1.807, 2.05) is 30.3 Å². The summed E-state index contributed by atoms with van der Waals surface area (Å²) in [7, 11) is 1.62. The normalized spacial score (nSPS) is 16.6. The average molecular weight is 428 g/mol. The molecule has 0 amide bonds. The van der Waals surface area contributed by atoms with Gasteiger partial charge in [0, 0.05) is 18.5 Å². The van der Waals surface area contributed by atoms with Crippen LogP contribution in [0.4, 0.5) is 0 Å². The Morgan fingerprint density at radius 3 is 2.77 bits per heavy atom. The third-order valence-corrected chi connectivity index (χ3v) is 6.62. The van der Waals surface area contributed by atoms with Crippen LogP contribution in [0.1, 0.15) is 41.6 Å². The molecule has 0 saturated carbocycles. The average Bonchev–Trinajstić information content (AvgIpc) is 3.22. The van der Waals surface area contributed by atoms with Crippen molar-refractivity contribution in [2.75, 3.05) is 13.2 Å². The second-order valence-corrected chi connectivity index (χ2v) is 8.48. The van der Waals surface area contributed by atoms with E-state index in [9.17, 15) is 14.4 Å². The first kappa shape index (κ1) is 20.6. The third kappa shape index (κ3) is 4.11. The van der Waals surface area contributed by atoms with Gasteiger partial charge in [0.25, 0.3) is 5.56 Å². The van der Waals surface area contributed by atoms with Crippen LogP contribution in [0.2, 0.25) is 0 Å². The Kier molecular flexibility index (Phi) is 6.15. The van der Waals surface area contributed by atoms with Crippen molar-refractivity contribution in [2.45, 2.75) is 38.3 Å². The second-order valence-electron chi connectivity index (χ2n) is 7.62. The molecule has 2 aromatic heterocycles. The van der Waals surface area contributed by atoms with Gasteiger partial charge in [0.15, 0.2) is 0 Å². The van der Waals surface area contributed by atoms with Crippen LogP contribution in [-0.2, 0) is 18.3 Å². The van der Waals surface area contributed by atoms with Gasteiger partial charge >= 0.3 is 11.7 Å². The third-order valence-electron chi connectivity index (χ3n) is 5.57. The van der Waals surface area contributed by atoms with Crippen molar-refractivity contribution < 1.29 is 9.53 Å². The van der Waals surface area contributed by atoms with Gasteiger partial charge in [0.2, 0.25) is 0 Å². The molecule has 7 nitrogen and oxygen atoms in total. The molecule has 0 radical (unpaired) electrons. The van der Waals surface area contributed by atoms with Crippen molar-refractivity contribution in [3.05, 3.63) is 67.7 Å². The Bertz CT molecular complexity index is 1160. The highest BCUT2D eigenvalue weighted by Gasteiger charge is 2.22. The monoisotopic (exact) mass is 427 g/mol. The van der Waals surface area contributed by atoms with Gasteiger partial charge < -0.3 is 10.1 Å². The van der Waals surface area contributed by atoms with Gasteiger partial charge in [-0.2, -0.15) is 0 Å². The molecule has 1 aromatic carbocycles. The first-order valence-electron chi connectivity index (χ1n) is 10.2. The summed E-state index contributed by atoms with van der Waals surface area (Å²) >= 11 is 1.21. The highest BCUT2D eigenvalue weighted by Crippen LogP contribution is 2.23. The van der Waals surface area contributed by atoms with Gasteiger partial charge in [0.1, 0.15) is 4.83 Å². The minimum atomic E-state index is -0.515. The fourth-order valence-corrected chi connectivity index (χ4v) is 4.88. The molecular formula is C22H25N3O4S. The minimum Gasteiger partial charge on any atom is -0.462 e. The van der Waals surface area contributed by atoms with Crippen LogP contribution in [0.25, 0.3) is 10.2 Å². The summed E-state index contributed by atoms with van der Waals surface area (Å²) in [4.78, 5) is 39.1. The number of nitrogens with one attached hydrogen (secondary N) is 1. The van der Waals surface area contributed by atoms with E-state index >= 15 is 0 Å². The number of thiophene rings is 1. The number of hydrogen-bond donors (Lipinski definition) is 1. The van der Waals surface area contributed by atoms with Crippen LogP contribution in [0.5, 0.6) is 0 Å². The largest absolute Gasteiger partial charge is 0.462 e. The first-order valence-corrected chi connectivity index (χ1v) is 11.1. The van der Waals surface area contributed by atoms with Gasteiger partial charge in [-0.25, -0.2) is 9.59 Å². The lowest BCUT2D eigenvalue weighted by atomic mass is 10.0. The molecule has 1 fully saturated rings. The number of ether oxygens (including phenoxy) is 1. The van der Waals surface area contributed by atoms with Crippen molar-refractivity contribution in [2.24, 2.45) is 7.05 Å². The number of aryl methyl sites for hydroxylation is 1. The van der Waals surface area contributed by atoms with Crippen molar-refractivity contribution in [3.63, 3.8) is 0 Å². The van der Waals surface area contributed by atoms with E-state index in [1.165, 1.54) is 33.3 Å². The molecule has 0 spiro atoms. The Hall–Kier alpha value is -2.71. The predicted octanol–water partition coefficient (Wildman–Crippen LogP) is 2.50. The second kappa shape index (κ2) is 8.97. The summed E-state index contributed by atoms with van der Waals surface area (Å²) in [6.45, 7) is 1.46. The van der Waals surface area contributed by atoms with Crippen LogP contribution in [0.3, 0.4) is 0 Å². The number of esters is 1. The fourth-order valence-electron chi connectivity index (χ4n) is 3.89. The summed E-state index contributed by atoms with van der Waals surface area (Å²) in [5.41, 5.74) is 0.213. The summed E-state index contributed by atoms with van der Waals surface area (Å²) in [6, 6.07) is 9.69. The maximum absolute atomic E-state index is 13.2. The molecule has 1 saturated heterocycles. The number of fused-ring (bicyclic) bond motifs is 1. The molecule has 30 heavy (non-hydrogen) atoms. The number of piperidine rings is 1. The molecule has 0 aliphatic carbocycles. The first-order chi connectivity index (χ1) is 14.6. The van der Waals surface area contributed by atoms with E-state index < -0.39 is 17.2 Å². The van der Waals surface area contributed by atoms with E-state index in [-0.39, 0.29) is 17.5 Å². The number of benzene rings is 1. The van der Waals surface area contributed by atoms with Crippen molar-refractivity contribution in [3.8, 4) is 0 Å². The van der Waals surface area contributed by atoms with Gasteiger partial charge in [-0.05, 0) is 31.4 Å². The van der Waals surface area contributed by atoms with E-state index in [1.54, 1.807) is 12.4 Å². The van der Waals surface area contributed by atoms with Crippen molar-refractivity contribution >= 4 is 27.5 Å². The zero-order chi connectivity index (χ0) is 21.1. The zero-order valence-corrected chi connectivity index (χ0v) is 17.7. The number of rotatable bonds is 6. The maximum atomic E-state index is 13.2. The van der Waals surface area contributed by atoms with Gasteiger partial charge in [0.05, 0.1) is 24.1 Å². The van der Waals surface area contributed by atoms with Crippen LogP contribution in [0, 0.1) is 0 Å². The highest BCUT2D eigenvalue weighted by molar-refractivity contribution is 7.17. The lowest BCUT2D eigenvalue weighted by Gasteiger charge is -2.23. The molecule has 8 heteroatoms. The zero-order valence-electron chi connectivity index (χ0n) is 16.9. The summed E-state index contributed by atoms with van der Waals surface area (Å²) in [6.07, 6.45) is 4.22. The standard InChI is InChI=1S/C22H25N3O4S/c1-24-20-18(19(26)25(22(24)28)13-15-7-3-2-4-8-15)17(14-30-20)21(27)29-12-10-16-9-5-6-11-23-16/h2-4,7-8,14,16,23H,5-6,9-13H2,1H3. The highest BCUT2D eigenvalue weighted by atomic mass is 32.1. The summed E-state index contributed by atoms with van der Waals surface area (Å²) in [5, 5.41) is 5.29. The van der Waals surface area contributed by atoms with E-state index in [0.717, 1.165) is 24.9 Å². The quantitative estimate of drug-likeness (QED) is 0.611. The number of carbonyl (C=O) groups is 1. The SMILES string of the molecule is Cn1c(=O)n(Cc2ccccc2)c(=O)c2c(C(=O)OCCC3CCCCN3)csc21. The Morgan fingerprint density at radius 1 is 1.23 bits per heavy atom. The number of hydrogen-bond acceptors (Lipinski definition) is 6. The molecule has 4 rings (SSSR count). The van der Waals surface area contributed by atoms with Crippen LogP contribution < -0.4 is 16.6 Å². The molecule has 1 aliphatic heterocycles. The minimum absolute atomic E-state index is 0.153. The van der Waals surface area contributed by atoms with E-state index in [2.05, 4.69) is 5.32 Å². The molecule has 1 atom stereocenters. The smallest absolute Gasteiger partial charge is 0.339 e. The van der Waals surface area contributed by atoms with Crippen molar-refractivity contribution in [1.29, 1.82) is 0 Å². The maximum Gasteiger partial charge on any atom is 0.339 e. The Morgan fingerprint density at radius 2 is 2.03 bits per heavy atom. The Labute approximate surface area is 177 Å². The molecule has 1 N–H and O–H groups in total. The lowest BCUT2D eigenvalue weighted by molar-refractivity contribution is 0.0488. The van der Waals surface area contributed by atoms with Gasteiger partial charge in [-0.1, -0.05) is 36.8 Å². The topological polar surface area (TPSA) is 82.3 Å². The van der Waals surface area contributed by atoms with Crippen LogP contribution in [-0.4, -0.2) is 34.3 Å². The summed E-state index contributed by atoms with van der Waals surface area (Å²) in [5.74, 6) is -0.515. The number of aromatic nitrogens is 2.